The summed E-state index contributed by atoms with van der Waals surface area (Å²) in [6.07, 6.45) is -0.144. The minimum Gasteiger partial charge on any atom is -0.491 e. The van der Waals surface area contributed by atoms with Crippen molar-refractivity contribution in [2.75, 3.05) is 0 Å². The van der Waals surface area contributed by atoms with Crippen LogP contribution >= 0.6 is 0 Å². The number of amides is 3. The molecule has 0 unspecified atom stereocenters. The van der Waals surface area contributed by atoms with E-state index in [1.165, 1.54) is 18.2 Å². The van der Waals surface area contributed by atoms with Gasteiger partial charge in [0.1, 0.15) is 11.3 Å². The van der Waals surface area contributed by atoms with Gasteiger partial charge in [-0.2, -0.15) is 0 Å². The molecule has 0 radical (unpaired) electrons. The third kappa shape index (κ3) is 3.41. The zero-order valence-electron chi connectivity index (χ0n) is 13.5. The Bertz CT molecular complexity index is 669. The van der Waals surface area contributed by atoms with Gasteiger partial charge in [0.05, 0.1) is 17.6 Å². The van der Waals surface area contributed by atoms with Crippen molar-refractivity contribution in [2.45, 2.75) is 45.9 Å². The van der Waals surface area contributed by atoms with Crippen molar-refractivity contribution in [1.82, 2.24) is 10.2 Å². The van der Waals surface area contributed by atoms with Gasteiger partial charge in [0, 0.05) is 17.7 Å². The molecule has 124 valence electrons. The molecule has 2 rings (SSSR count). The van der Waals surface area contributed by atoms with Crippen molar-refractivity contribution in [2.24, 2.45) is 0 Å². The Labute approximate surface area is 133 Å². The molecular weight excluding hydrogens is 302 g/mol. The second-order valence-corrected chi connectivity index (χ2v) is 6.16. The molecule has 0 atom stereocenters. The van der Waals surface area contributed by atoms with E-state index in [-0.39, 0.29) is 24.2 Å². The van der Waals surface area contributed by atoms with Crippen LogP contribution in [-0.4, -0.2) is 33.4 Å². The van der Waals surface area contributed by atoms with Crippen molar-refractivity contribution >= 4 is 17.6 Å². The van der Waals surface area contributed by atoms with Crippen molar-refractivity contribution in [3.63, 3.8) is 0 Å². The Morgan fingerprint density at radius 1 is 1.35 bits per heavy atom. The number of benzene rings is 1. The summed E-state index contributed by atoms with van der Waals surface area (Å²) in [5.74, 6) is 0.0282. The maximum atomic E-state index is 12.3. The molecule has 1 saturated heterocycles. The molecule has 1 N–H and O–H groups in total. The predicted octanol–water partition coefficient (Wildman–Crippen LogP) is 2.21. The van der Waals surface area contributed by atoms with Gasteiger partial charge in [0.25, 0.3) is 11.6 Å². The highest BCUT2D eigenvalue weighted by Crippen LogP contribution is 2.28. The number of nitrogens with zero attached hydrogens (tertiary/aromatic N) is 2. The Hall–Kier alpha value is -2.64. The molecule has 8 nitrogen and oxygen atoms in total. The fraction of sp³-hybridized carbons (Fsp3) is 0.467. The number of ether oxygens (including phenoxy) is 1. The molecule has 3 amide bonds. The van der Waals surface area contributed by atoms with E-state index in [0.717, 1.165) is 4.90 Å². The van der Waals surface area contributed by atoms with Crippen LogP contribution in [0.25, 0.3) is 0 Å². The van der Waals surface area contributed by atoms with E-state index < -0.39 is 16.5 Å². The van der Waals surface area contributed by atoms with Gasteiger partial charge in [-0.1, -0.05) is 0 Å². The Morgan fingerprint density at radius 3 is 2.48 bits per heavy atom. The van der Waals surface area contributed by atoms with E-state index in [4.69, 9.17) is 4.74 Å². The van der Waals surface area contributed by atoms with Crippen LogP contribution in [0.4, 0.5) is 10.5 Å². The zero-order valence-corrected chi connectivity index (χ0v) is 13.5. The SMILES string of the molecule is CC(C)Oc1ccc([N+](=O)[O-])cc1CN1C(=O)NC(C)(C)C1=O. The highest BCUT2D eigenvalue weighted by atomic mass is 16.6. The molecule has 0 aromatic heterocycles. The summed E-state index contributed by atoms with van der Waals surface area (Å²) < 4.78 is 5.62. The second-order valence-electron chi connectivity index (χ2n) is 6.16. The Balaban J connectivity index is 2.37. The zero-order chi connectivity index (χ0) is 17.4. The highest BCUT2D eigenvalue weighted by Gasteiger charge is 2.44. The Kier molecular flexibility index (Phi) is 4.26. The summed E-state index contributed by atoms with van der Waals surface area (Å²) in [7, 11) is 0. The van der Waals surface area contributed by atoms with E-state index in [1.807, 2.05) is 13.8 Å². The van der Waals surface area contributed by atoms with E-state index in [9.17, 15) is 19.7 Å². The molecule has 0 bridgehead atoms. The van der Waals surface area contributed by atoms with E-state index in [1.54, 1.807) is 13.8 Å². The lowest BCUT2D eigenvalue weighted by Crippen LogP contribution is -2.40. The third-order valence-electron chi connectivity index (χ3n) is 3.39. The van der Waals surface area contributed by atoms with Gasteiger partial charge in [-0.25, -0.2) is 4.79 Å². The molecule has 0 aliphatic carbocycles. The van der Waals surface area contributed by atoms with Crippen LogP contribution in [-0.2, 0) is 11.3 Å². The maximum absolute atomic E-state index is 12.3. The number of urea groups is 1. The molecule has 23 heavy (non-hydrogen) atoms. The number of imide groups is 1. The molecule has 0 spiro atoms. The predicted molar refractivity (Wildman–Crippen MR) is 82.0 cm³/mol. The molecule has 1 aromatic carbocycles. The fourth-order valence-electron chi connectivity index (χ4n) is 2.30. The number of non-ortho nitro benzene ring substituents is 1. The highest BCUT2D eigenvalue weighted by molar-refractivity contribution is 6.06. The lowest BCUT2D eigenvalue weighted by Gasteiger charge is -2.19. The molecule has 8 heteroatoms. The van der Waals surface area contributed by atoms with Gasteiger partial charge in [0.2, 0.25) is 0 Å². The summed E-state index contributed by atoms with van der Waals surface area (Å²) in [6, 6.07) is 3.61. The van der Waals surface area contributed by atoms with Crippen LogP contribution < -0.4 is 10.1 Å². The molecule has 1 aromatic rings. The minimum absolute atomic E-state index is 0.0855. The summed E-state index contributed by atoms with van der Waals surface area (Å²) in [5, 5.41) is 13.5. The number of nitro benzene ring substituents is 1. The number of carbonyl (C=O) groups is 2. The second kappa shape index (κ2) is 5.86. The van der Waals surface area contributed by atoms with Crippen molar-refractivity contribution in [3.05, 3.63) is 33.9 Å². The first-order valence-corrected chi connectivity index (χ1v) is 7.20. The van der Waals surface area contributed by atoms with Crippen LogP contribution in [0.5, 0.6) is 5.75 Å². The summed E-state index contributed by atoms with van der Waals surface area (Å²) in [6.45, 7) is 6.76. The minimum atomic E-state index is -0.989. The lowest BCUT2D eigenvalue weighted by molar-refractivity contribution is -0.385. The summed E-state index contributed by atoms with van der Waals surface area (Å²) >= 11 is 0. The van der Waals surface area contributed by atoms with Gasteiger partial charge in [-0.05, 0) is 33.8 Å². The summed E-state index contributed by atoms with van der Waals surface area (Å²) in [4.78, 5) is 35.7. The molecule has 1 fully saturated rings. The molecule has 1 aliphatic rings. The Morgan fingerprint density at radius 2 is 2.00 bits per heavy atom. The van der Waals surface area contributed by atoms with Crippen molar-refractivity contribution < 1.29 is 19.2 Å². The number of carbonyl (C=O) groups excluding carboxylic acids is 2. The molecule has 0 saturated carbocycles. The van der Waals surface area contributed by atoms with Crippen LogP contribution in [0.1, 0.15) is 33.3 Å². The van der Waals surface area contributed by atoms with Crippen molar-refractivity contribution in [3.8, 4) is 5.75 Å². The monoisotopic (exact) mass is 321 g/mol. The van der Waals surface area contributed by atoms with Gasteiger partial charge in [0.15, 0.2) is 0 Å². The van der Waals surface area contributed by atoms with Crippen LogP contribution in [0, 0.1) is 10.1 Å². The van der Waals surface area contributed by atoms with Gasteiger partial charge < -0.3 is 10.1 Å². The first-order valence-electron chi connectivity index (χ1n) is 7.20. The van der Waals surface area contributed by atoms with Crippen molar-refractivity contribution in [1.29, 1.82) is 0 Å². The number of hydrogen-bond acceptors (Lipinski definition) is 5. The quantitative estimate of drug-likeness (QED) is 0.509. The molecule has 1 aliphatic heterocycles. The van der Waals surface area contributed by atoms with Crippen LogP contribution in [0.2, 0.25) is 0 Å². The number of nitro groups is 1. The van der Waals surface area contributed by atoms with Crippen LogP contribution in [0.15, 0.2) is 18.2 Å². The van der Waals surface area contributed by atoms with Gasteiger partial charge in [-0.3, -0.25) is 19.8 Å². The lowest BCUT2D eigenvalue weighted by atomic mass is 10.1. The fourth-order valence-corrected chi connectivity index (χ4v) is 2.30. The van der Waals surface area contributed by atoms with Gasteiger partial charge in [-0.15, -0.1) is 0 Å². The number of rotatable bonds is 5. The molecule has 1 heterocycles. The first-order chi connectivity index (χ1) is 10.6. The van der Waals surface area contributed by atoms with E-state index in [2.05, 4.69) is 5.32 Å². The number of hydrogen-bond donors (Lipinski definition) is 1. The standard InChI is InChI=1S/C15H19N3O5/c1-9(2)23-12-6-5-11(18(21)22)7-10(12)8-17-13(19)15(3,4)16-14(17)20/h5-7,9H,8H2,1-4H3,(H,16,20). The maximum Gasteiger partial charge on any atom is 0.325 e. The number of nitrogens with one attached hydrogen (secondary N) is 1. The average Bonchev–Trinajstić information content (AvgIpc) is 2.61. The average molecular weight is 321 g/mol. The van der Waals surface area contributed by atoms with E-state index in [0.29, 0.717) is 11.3 Å². The largest absolute Gasteiger partial charge is 0.491 e. The summed E-state index contributed by atoms with van der Waals surface area (Å²) in [5.41, 5.74) is -0.701. The first kappa shape index (κ1) is 16.7. The molecular formula is C15H19N3O5. The third-order valence-corrected chi connectivity index (χ3v) is 3.39. The van der Waals surface area contributed by atoms with Crippen LogP contribution in [0.3, 0.4) is 0 Å². The van der Waals surface area contributed by atoms with E-state index >= 15 is 0 Å². The normalized spacial score (nSPS) is 16.7. The topological polar surface area (TPSA) is 102 Å². The van der Waals surface area contributed by atoms with Gasteiger partial charge >= 0.3 is 6.03 Å². The smallest absolute Gasteiger partial charge is 0.325 e.